The van der Waals surface area contributed by atoms with E-state index in [-0.39, 0.29) is 24.6 Å². The van der Waals surface area contributed by atoms with Gasteiger partial charge in [0.1, 0.15) is 28.5 Å². The van der Waals surface area contributed by atoms with Crippen LogP contribution in [0, 0.1) is 11.6 Å². The van der Waals surface area contributed by atoms with Crippen LogP contribution in [0.25, 0.3) is 0 Å². The zero-order valence-corrected chi connectivity index (χ0v) is 23.5. The van der Waals surface area contributed by atoms with Gasteiger partial charge in [-0.2, -0.15) is 13.2 Å². The molecule has 230 valence electrons. The Kier molecular flexibility index (Phi) is 7.86. The van der Waals surface area contributed by atoms with E-state index in [0.717, 1.165) is 63.0 Å². The molecule has 1 unspecified atom stereocenters. The number of nitrogens with zero attached hydrogens (tertiary/aromatic N) is 5. The van der Waals surface area contributed by atoms with Crippen molar-refractivity contribution in [3.05, 3.63) is 71.4 Å². The zero-order valence-electron chi connectivity index (χ0n) is 23.5. The third kappa shape index (κ3) is 5.71. The van der Waals surface area contributed by atoms with Crippen LogP contribution in [0.4, 0.5) is 32.6 Å². The number of amides is 1. The molecule has 1 amide bonds. The Morgan fingerprint density at radius 2 is 1.67 bits per heavy atom. The molecule has 5 heterocycles. The second kappa shape index (κ2) is 11.5. The highest BCUT2D eigenvalue weighted by Gasteiger charge is 2.67. The van der Waals surface area contributed by atoms with E-state index in [9.17, 15) is 26.7 Å². The number of benzene rings is 1. The Morgan fingerprint density at radius 1 is 0.953 bits per heavy atom. The van der Waals surface area contributed by atoms with Crippen molar-refractivity contribution >= 4 is 11.9 Å². The SMILES string of the molecule is Fc1ccccc1F.O=C1Nc2ncccc2C2(CCN(CCC3CCCCn4c3nnc4C3(C(F)(F)F)CC3)CC2)O1. The van der Waals surface area contributed by atoms with Gasteiger partial charge in [0.2, 0.25) is 0 Å². The summed E-state index contributed by atoms with van der Waals surface area (Å²) in [5.74, 6) is -0.0982. The molecule has 3 aromatic rings. The highest BCUT2D eigenvalue weighted by molar-refractivity contribution is 5.87. The average Bonchev–Trinajstić information content (AvgIpc) is 3.74. The summed E-state index contributed by atoms with van der Waals surface area (Å²) in [7, 11) is 0. The highest BCUT2D eigenvalue weighted by Crippen LogP contribution is 2.58. The molecule has 0 radical (unpaired) electrons. The fourth-order valence-electron chi connectivity index (χ4n) is 6.53. The second-order valence-corrected chi connectivity index (χ2v) is 11.8. The van der Waals surface area contributed by atoms with Crippen LogP contribution in [0.3, 0.4) is 0 Å². The molecule has 13 heteroatoms. The molecule has 1 N–H and O–H groups in total. The van der Waals surface area contributed by atoms with E-state index < -0.39 is 34.9 Å². The number of hydrogen-bond donors (Lipinski definition) is 1. The van der Waals surface area contributed by atoms with Crippen molar-refractivity contribution in [2.45, 2.75) is 81.0 Å². The fourth-order valence-corrected chi connectivity index (χ4v) is 6.53. The zero-order chi connectivity index (χ0) is 30.2. The van der Waals surface area contributed by atoms with Crippen molar-refractivity contribution in [3.63, 3.8) is 0 Å². The minimum Gasteiger partial charge on any atom is -0.438 e. The van der Waals surface area contributed by atoms with Gasteiger partial charge in [-0.1, -0.05) is 18.6 Å². The highest BCUT2D eigenvalue weighted by atomic mass is 19.4. The lowest BCUT2D eigenvalue weighted by Crippen LogP contribution is -2.48. The maximum absolute atomic E-state index is 13.8. The number of halogens is 5. The van der Waals surface area contributed by atoms with E-state index in [4.69, 9.17) is 4.74 Å². The second-order valence-electron chi connectivity index (χ2n) is 11.8. The quantitative estimate of drug-likeness (QED) is 0.345. The minimum atomic E-state index is -4.28. The van der Waals surface area contributed by atoms with Crippen molar-refractivity contribution in [1.82, 2.24) is 24.6 Å². The minimum absolute atomic E-state index is 0.0975. The number of carbonyl (C=O) groups excluding carboxylic acids is 1. The Balaban J connectivity index is 0.000000359. The van der Waals surface area contributed by atoms with E-state index in [2.05, 4.69) is 25.4 Å². The lowest BCUT2D eigenvalue weighted by Gasteiger charge is -2.43. The Bertz CT molecular complexity index is 1440. The topological polar surface area (TPSA) is 85.2 Å². The van der Waals surface area contributed by atoms with Crippen LogP contribution in [0.2, 0.25) is 0 Å². The number of piperidine rings is 1. The van der Waals surface area contributed by atoms with Gasteiger partial charge in [0.25, 0.3) is 0 Å². The van der Waals surface area contributed by atoms with Crippen molar-refractivity contribution in [1.29, 1.82) is 0 Å². The molecular weight excluding hydrogens is 571 g/mol. The molecule has 1 aromatic carbocycles. The van der Waals surface area contributed by atoms with Gasteiger partial charge in [-0.25, -0.2) is 18.6 Å². The number of fused-ring (bicyclic) bond motifs is 3. The van der Waals surface area contributed by atoms with Gasteiger partial charge in [-0.3, -0.25) is 5.32 Å². The number of rotatable bonds is 4. The summed E-state index contributed by atoms with van der Waals surface area (Å²) in [6.45, 7) is 2.91. The molecule has 7 rings (SSSR count). The number of likely N-dealkylation sites (tertiary alicyclic amines) is 1. The van der Waals surface area contributed by atoms with E-state index in [1.54, 1.807) is 10.8 Å². The van der Waals surface area contributed by atoms with E-state index >= 15 is 0 Å². The first kappa shape index (κ1) is 29.5. The summed E-state index contributed by atoms with van der Waals surface area (Å²) in [5, 5.41) is 11.1. The Morgan fingerprint density at radius 3 is 2.33 bits per heavy atom. The lowest BCUT2D eigenvalue weighted by molar-refractivity contribution is -0.163. The molecule has 2 fully saturated rings. The summed E-state index contributed by atoms with van der Waals surface area (Å²) in [5.41, 5.74) is -1.54. The van der Waals surface area contributed by atoms with Crippen LogP contribution in [0.1, 0.15) is 74.5 Å². The molecule has 1 saturated carbocycles. The number of hydrogen-bond acceptors (Lipinski definition) is 6. The molecule has 2 aromatic heterocycles. The monoisotopic (exact) mass is 604 g/mol. The van der Waals surface area contributed by atoms with Crippen LogP contribution in [0.5, 0.6) is 0 Å². The predicted molar refractivity (Wildman–Crippen MR) is 146 cm³/mol. The predicted octanol–water partition coefficient (Wildman–Crippen LogP) is 6.44. The van der Waals surface area contributed by atoms with Gasteiger partial charge >= 0.3 is 12.3 Å². The third-order valence-electron chi connectivity index (χ3n) is 9.14. The normalized spacial score (nSPS) is 22.3. The average molecular weight is 605 g/mol. The van der Waals surface area contributed by atoms with E-state index in [1.165, 1.54) is 12.1 Å². The number of nitrogens with one attached hydrogen (secondary N) is 1. The van der Waals surface area contributed by atoms with Crippen LogP contribution >= 0.6 is 0 Å². The summed E-state index contributed by atoms with van der Waals surface area (Å²) in [4.78, 5) is 18.8. The van der Waals surface area contributed by atoms with Gasteiger partial charge in [0.15, 0.2) is 11.6 Å². The number of alkyl halides is 3. The molecule has 1 atom stereocenters. The Labute approximate surface area is 245 Å². The van der Waals surface area contributed by atoms with Crippen LogP contribution in [0.15, 0.2) is 42.6 Å². The first-order chi connectivity index (χ1) is 20.6. The maximum atomic E-state index is 13.8. The van der Waals surface area contributed by atoms with Crippen LogP contribution in [-0.2, 0) is 22.3 Å². The molecule has 4 aliphatic rings. The molecule has 1 saturated heterocycles. The summed E-state index contributed by atoms with van der Waals surface area (Å²) in [6, 6.07) is 8.86. The smallest absolute Gasteiger partial charge is 0.413 e. The van der Waals surface area contributed by atoms with Gasteiger partial charge < -0.3 is 14.2 Å². The molecule has 0 bridgehead atoms. The lowest BCUT2D eigenvalue weighted by atomic mass is 9.83. The fraction of sp³-hybridized carbons (Fsp3) is 0.533. The number of ether oxygens (including phenoxy) is 1. The number of pyridine rings is 1. The van der Waals surface area contributed by atoms with Gasteiger partial charge in [0, 0.05) is 50.2 Å². The molecule has 3 aliphatic heterocycles. The molecular formula is C30H33F5N6O2. The first-order valence-electron chi connectivity index (χ1n) is 14.7. The van der Waals surface area contributed by atoms with Crippen molar-refractivity contribution in [3.8, 4) is 0 Å². The van der Waals surface area contributed by atoms with Gasteiger partial charge in [-0.15, -0.1) is 10.2 Å². The van der Waals surface area contributed by atoms with Gasteiger partial charge in [0.05, 0.1) is 0 Å². The summed E-state index contributed by atoms with van der Waals surface area (Å²) in [6.07, 6.45) is 2.03. The number of aromatic nitrogens is 4. The molecule has 43 heavy (non-hydrogen) atoms. The third-order valence-corrected chi connectivity index (χ3v) is 9.14. The van der Waals surface area contributed by atoms with Crippen LogP contribution in [-0.4, -0.2) is 56.6 Å². The largest absolute Gasteiger partial charge is 0.438 e. The maximum Gasteiger partial charge on any atom is 0.413 e. The van der Waals surface area contributed by atoms with Crippen LogP contribution < -0.4 is 5.32 Å². The Hall–Kier alpha value is -3.61. The standard InChI is InChI=1S/C24H29F3N6O2.C6H4F2/c25-24(26,27)22(7-8-22)20-31-30-19-16(4-1-2-12-33(19)20)6-13-32-14-9-23(10-15-32)17-5-3-11-28-18(17)29-21(34)35-23;7-5-3-1-2-4-6(5)8/h3,5,11,16H,1-2,4,6-10,12-15H2,(H,28,29,34);1-4H. The summed E-state index contributed by atoms with van der Waals surface area (Å²) >= 11 is 0. The number of anilines is 1. The molecule has 8 nitrogen and oxygen atoms in total. The van der Waals surface area contributed by atoms with Crippen molar-refractivity contribution in [2.75, 3.05) is 25.0 Å². The summed E-state index contributed by atoms with van der Waals surface area (Å²) < 4.78 is 72.7. The van der Waals surface area contributed by atoms with E-state index in [0.29, 0.717) is 31.0 Å². The van der Waals surface area contributed by atoms with E-state index in [1.807, 2.05) is 12.1 Å². The first-order valence-corrected chi connectivity index (χ1v) is 14.7. The van der Waals surface area contributed by atoms with Crippen molar-refractivity contribution in [2.24, 2.45) is 0 Å². The molecule has 1 aliphatic carbocycles. The van der Waals surface area contributed by atoms with Gasteiger partial charge in [-0.05, 0) is 62.9 Å². The van der Waals surface area contributed by atoms with Crippen molar-refractivity contribution < 1.29 is 31.5 Å². The number of carbonyl (C=O) groups is 1. The molecule has 1 spiro atoms.